The van der Waals surface area contributed by atoms with Gasteiger partial charge in [0.2, 0.25) is 0 Å². The predicted octanol–water partition coefficient (Wildman–Crippen LogP) is 18.5. The standard InChI is InChI=1S/C65H39NO3/c1-2-11-40(12-3-1)64-53-29-23-43(34-56(53)57-38-55-44(35-58(57)64)24-30-54-50-17-6-9-20-61(50)69-65(54)55)42-14-10-13-41(33-42)39-21-25-45(26-22-39)66(46-27-31-51-48-15-4-7-18-59(48)67-62(51)36-46)47-28-32-52-49-16-5-8-19-60(49)68-63(52)37-47/h1-38,64H. The van der Waals surface area contributed by atoms with Crippen molar-refractivity contribution in [1.82, 2.24) is 0 Å². The predicted molar refractivity (Wildman–Crippen MR) is 284 cm³/mol. The Bertz CT molecular complexity index is 4270. The Morgan fingerprint density at radius 2 is 0.812 bits per heavy atom. The minimum Gasteiger partial charge on any atom is -0.456 e. The summed E-state index contributed by atoms with van der Waals surface area (Å²) >= 11 is 0. The average molecular weight is 882 g/mol. The van der Waals surface area contributed by atoms with Crippen LogP contribution < -0.4 is 4.90 Å². The van der Waals surface area contributed by atoms with Crippen LogP contribution in [0, 0.1) is 0 Å². The molecular formula is C65H39NO3. The van der Waals surface area contributed by atoms with Gasteiger partial charge in [-0.05, 0) is 140 Å². The first-order chi connectivity index (χ1) is 34.2. The normalized spacial score (nSPS) is 13.4. The van der Waals surface area contributed by atoms with E-state index in [2.05, 4.69) is 205 Å². The molecule has 1 atom stereocenters. The molecule has 15 rings (SSSR count). The van der Waals surface area contributed by atoms with E-state index in [0.29, 0.717) is 0 Å². The van der Waals surface area contributed by atoms with E-state index in [0.717, 1.165) is 99.4 Å². The molecule has 0 radical (unpaired) electrons. The molecule has 4 heteroatoms. The number of rotatable bonds is 6. The first-order valence-electron chi connectivity index (χ1n) is 23.6. The minimum atomic E-state index is 0.131. The highest BCUT2D eigenvalue weighted by Gasteiger charge is 2.31. The number of furan rings is 3. The molecule has 322 valence electrons. The second kappa shape index (κ2) is 14.7. The number of nitrogens with zero attached hydrogens (tertiary/aromatic N) is 1. The molecule has 0 spiro atoms. The molecule has 1 aliphatic rings. The van der Waals surface area contributed by atoms with Crippen molar-refractivity contribution in [3.05, 3.63) is 247 Å². The fourth-order valence-electron chi connectivity index (χ4n) is 11.3. The third-order valence-corrected chi connectivity index (χ3v) is 14.5. The second-order valence-electron chi connectivity index (χ2n) is 18.4. The van der Waals surface area contributed by atoms with E-state index in [9.17, 15) is 0 Å². The van der Waals surface area contributed by atoms with Crippen LogP contribution in [0.15, 0.2) is 244 Å². The number of benzene rings is 11. The lowest BCUT2D eigenvalue weighted by Gasteiger charge is -2.25. The summed E-state index contributed by atoms with van der Waals surface area (Å²) < 4.78 is 19.4. The third kappa shape index (κ3) is 5.89. The molecule has 69 heavy (non-hydrogen) atoms. The summed E-state index contributed by atoms with van der Waals surface area (Å²) in [5, 5.41) is 9.04. The van der Waals surface area contributed by atoms with Crippen LogP contribution in [-0.4, -0.2) is 0 Å². The van der Waals surface area contributed by atoms with Crippen LogP contribution in [0.1, 0.15) is 22.6 Å². The quantitative estimate of drug-likeness (QED) is 0.167. The van der Waals surface area contributed by atoms with Crippen LogP contribution in [0.2, 0.25) is 0 Å². The highest BCUT2D eigenvalue weighted by molar-refractivity contribution is 6.16. The molecule has 1 unspecified atom stereocenters. The van der Waals surface area contributed by atoms with Gasteiger partial charge in [-0.15, -0.1) is 0 Å². The summed E-state index contributed by atoms with van der Waals surface area (Å²) in [6.07, 6.45) is 0. The maximum atomic E-state index is 6.58. The van der Waals surface area contributed by atoms with Gasteiger partial charge in [0.15, 0.2) is 0 Å². The smallest absolute Gasteiger partial charge is 0.143 e. The van der Waals surface area contributed by atoms with Crippen LogP contribution in [-0.2, 0) is 0 Å². The van der Waals surface area contributed by atoms with Crippen molar-refractivity contribution in [3.63, 3.8) is 0 Å². The van der Waals surface area contributed by atoms with Gasteiger partial charge in [0.25, 0.3) is 0 Å². The van der Waals surface area contributed by atoms with Gasteiger partial charge < -0.3 is 18.2 Å². The number of hydrogen-bond acceptors (Lipinski definition) is 4. The Morgan fingerprint density at radius 1 is 0.290 bits per heavy atom. The van der Waals surface area contributed by atoms with Gasteiger partial charge in [-0.3, -0.25) is 0 Å². The molecular weight excluding hydrogens is 843 g/mol. The first kappa shape index (κ1) is 38.0. The molecule has 0 saturated carbocycles. The lowest BCUT2D eigenvalue weighted by molar-refractivity contribution is 0.669. The summed E-state index contributed by atoms with van der Waals surface area (Å²) in [4.78, 5) is 2.28. The van der Waals surface area contributed by atoms with E-state index in [1.165, 1.54) is 44.3 Å². The van der Waals surface area contributed by atoms with Gasteiger partial charge in [0.05, 0.1) is 0 Å². The second-order valence-corrected chi connectivity index (χ2v) is 18.4. The zero-order chi connectivity index (χ0) is 45.2. The molecule has 3 aromatic heterocycles. The fourth-order valence-corrected chi connectivity index (χ4v) is 11.3. The van der Waals surface area contributed by atoms with Crippen LogP contribution in [0.3, 0.4) is 0 Å². The lowest BCUT2D eigenvalue weighted by atomic mass is 9.88. The summed E-state index contributed by atoms with van der Waals surface area (Å²) in [5.74, 6) is 0.131. The van der Waals surface area contributed by atoms with E-state index in [4.69, 9.17) is 13.3 Å². The van der Waals surface area contributed by atoms with Gasteiger partial charge in [-0.25, -0.2) is 0 Å². The van der Waals surface area contributed by atoms with E-state index in [-0.39, 0.29) is 5.92 Å². The molecule has 0 amide bonds. The first-order valence-corrected chi connectivity index (χ1v) is 23.6. The zero-order valence-corrected chi connectivity index (χ0v) is 37.2. The average Bonchev–Trinajstić information content (AvgIpc) is 4.17. The van der Waals surface area contributed by atoms with Crippen molar-refractivity contribution in [2.75, 3.05) is 4.90 Å². The molecule has 0 bridgehead atoms. The zero-order valence-electron chi connectivity index (χ0n) is 37.2. The molecule has 1 aliphatic carbocycles. The van der Waals surface area contributed by atoms with Crippen LogP contribution in [0.5, 0.6) is 0 Å². The topological polar surface area (TPSA) is 42.7 Å². The molecule has 3 heterocycles. The number of anilines is 3. The molecule has 4 nitrogen and oxygen atoms in total. The van der Waals surface area contributed by atoms with Crippen LogP contribution in [0.25, 0.3) is 110 Å². The summed E-state index contributed by atoms with van der Waals surface area (Å²) in [6, 6.07) is 82.9. The fraction of sp³-hybridized carbons (Fsp3) is 0.0154. The molecule has 11 aromatic carbocycles. The van der Waals surface area contributed by atoms with Crippen molar-refractivity contribution in [3.8, 4) is 33.4 Å². The van der Waals surface area contributed by atoms with Gasteiger partial charge >= 0.3 is 0 Å². The van der Waals surface area contributed by atoms with Gasteiger partial charge in [-0.1, -0.05) is 133 Å². The van der Waals surface area contributed by atoms with Crippen molar-refractivity contribution >= 4 is 93.7 Å². The third-order valence-electron chi connectivity index (χ3n) is 14.5. The van der Waals surface area contributed by atoms with Crippen molar-refractivity contribution in [1.29, 1.82) is 0 Å². The van der Waals surface area contributed by atoms with E-state index in [1.54, 1.807) is 0 Å². The van der Waals surface area contributed by atoms with Crippen molar-refractivity contribution < 1.29 is 13.3 Å². The van der Waals surface area contributed by atoms with E-state index < -0.39 is 0 Å². The van der Waals surface area contributed by atoms with Gasteiger partial charge in [0, 0.05) is 72.8 Å². The van der Waals surface area contributed by atoms with Crippen LogP contribution in [0.4, 0.5) is 17.1 Å². The van der Waals surface area contributed by atoms with Crippen molar-refractivity contribution in [2.45, 2.75) is 5.92 Å². The number of fused-ring (bicyclic) bond motifs is 14. The Balaban J connectivity index is 0.820. The van der Waals surface area contributed by atoms with E-state index >= 15 is 0 Å². The Labute approximate surface area is 396 Å². The van der Waals surface area contributed by atoms with Gasteiger partial charge in [0.1, 0.15) is 33.5 Å². The molecule has 0 fully saturated rings. The maximum absolute atomic E-state index is 6.58. The highest BCUT2D eigenvalue weighted by Crippen LogP contribution is 2.52. The monoisotopic (exact) mass is 881 g/mol. The van der Waals surface area contributed by atoms with Crippen LogP contribution >= 0.6 is 0 Å². The number of hydrogen-bond donors (Lipinski definition) is 0. The highest BCUT2D eigenvalue weighted by atomic mass is 16.3. The largest absolute Gasteiger partial charge is 0.456 e. The number of para-hydroxylation sites is 3. The Hall–Kier alpha value is -9.12. The molecule has 0 aliphatic heterocycles. The maximum Gasteiger partial charge on any atom is 0.143 e. The molecule has 0 saturated heterocycles. The SMILES string of the molecule is c1ccc(C2c3ccc(-c4cccc(-c5ccc(N(c6ccc7c(c6)oc6ccccc67)c6ccc7c(c6)oc6ccccc67)cc5)c4)cc3-c3cc4c(ccc5c6ccccc6oc45)cc32)cc1. The summed E-state index contributed by atoms with van der Waals surface area (Å²) in [7, 11) is 0. The Kier molecular flexibility index (Phi) is 8.10. The molecule has 14 aromatic rings. The summed E-state index contributed by atoms with van der Waals surface area (Å²) in [6.45, 7) is 0. The van der Waals surface area contributed by atoms with E-state index in [1.807, 2.05) is 30.3 Å². The van der Waals surface area contributed by atoms with Gasteiger partial charge in [-0.2, -0.15) is 0 Å². The summed E-state index contributed by atoms with van der Waals surface area (Å²) in [5.41, 5.74) is 19.4. The lowest BCUT2D eigenvalue weighted by Crippen LogP contribution is -2.09. The minimum absolute atomic E-state index is 0.131. The molecule has 0 N–H and O–H groups in total. The Morgan fingerprint density at radius 3 is 1.49 bits per heavy atom. The van der Waals surface area contributed by atoms with Crippen molar-refractivity contribution in [2.24, 2.45) is 0 Å².